The third kappa shape index (κ3) is 4.61. The van der Waals surface area contributed by atoms with Gasteiger partial charge in [0.25, 0.3) is 0 Å². The Morgan fingerprint density at radius 2 is 2.00 bits per heavy atom. The fourth-order valence-electron chi connectivity index (χ4n) is 1.60. The van der Waals surface area contributed by atoms with Gasteiger partial charge in [-0.3, -0.25) is 4.79 Å². The molecule has 1 N–H and O–H groups in total. The average Bonchev–Trinajstić information content (AvgIpc) is 2.12. The standard InChI is InChI=1S/C11H24N2O/c1-6-10(7-12-4)11(14)13(5)8-9(2)3/h9-10,12H,6-8H2,1-5H3. The van der Waals surface area contributed by atoms with Crippen molar-refractivity contribution in [1.29, 1.82) is 0 Å². The van der Waals surface area contributed by atoms with E-state index in [-0.39, 0.29) is 11.8 Å². The summed E-state index contributed by atoms with van der Waals surface area (Å²) in [6.45, 7) is 7.94. The Hall–Kier alpha value is -0.570. The molecular formula is C11H24N2O. The van der Waals surface area contributed by atoms with Crippen LogP contribution < -0.4 is 5.32 Å². The van der Waals surface area contributed by atoms with Crippen molar-refractivity contribution in [2.75, 3.05) is 27.2 Å². The number of nitrogens with zero attached hydrogens (tertiary/aromatic N) is 1. The van der Waals surface area contributed by atoms with Crippen LogP contribution in [0.4, 0.5) is 0 Å². The third-order valence-electron chi connectivity index (χ3n) is 2.31. The monoisotopic (exact) mass is 200 g/mol. The normalized spacial score (nSPS) is 13.0. The Bertz CT molecular complexity index is 169. The summed E-state index contributed by atoms with van der Waals surface area (Å²) < 4.78 is 0. The molecule has 0 aliphatic carbocycles. The van der Waals surface area contributed by atoms with E-state index in [4.69, 9.17) is 0 Å². The SMILES string of the molecule is CCC(CNC)C(=O)N(C)CC(C)C. The van der Waals surface area contributed by atoms with Crippen LogP contribution in [0, 0.1) is 11.8 Å². The molecule has 0 bridgehead atoms. The summed E-state index contributed by atoms with van der Waals surface area (Å²) in [4.78, 5) is 13.7. The van der Waals surface area contributed by atoms with Gasteiger partial charge in [0.15, 0.2) is 0 Å². The summed E-state index contributed by atoms with van der Waals surface area (Å²) in [5, 5.41) is 3.06. The first-order valence-corrected chi connectivity index (χ1v) is 5.42. The van der Waals surface area contributed by atoms with Crippen molar-refractivity contribution < 1.29 is 4.79 Å². The number of nitrogens with one attached hydrogen (secondary N) is 1. The molecule has 0 aliphatic rings. The third-order valence-corrected chi connectivity index (χ3v) is 2.31. The van der Waals surface area contributed by atoms with Gasteiger partial charge in [-0.15, -0.1) is 0 Å². The zero-order valence-electron chi connectivity index (χ0n) is 10.1. The zero-order valence-corrected chi connectivity index (χ0v) is 10.1. The van der Waals surface area contributed by atoms with E-state index in [0.717, 1.165) is 19.5 Å². The minimum atomic E-state index is 0.128. The topological polar surface area (TPSA) is 32.3 Å². The molecule has 0 saturated carbocycles. The summed E-state index contributed by atoms with van der Waals surface area (Å²) in [5.74, 6) is 0.926. The Morgan fingerprint density at radius 3 is 2.36 bits per heavy atom. The molecule has 1 atom stereocenters. The van der Waals surface area contributed by atoms with Gasteiger partial charge >= 0.3 is 0 Å². The smallest absolute Gasteiger partial charge is 0.226 e. The Labute approximate surface area is 87.9 Å². The molecule has 3 nitrogen and oxygen atoms in total. The molecule has 0 saturated heterocycles. The summed E-state index contributed by atoms with van der Waals surface area (Å²) in [5.41, 5.74) is 0. The number of rotatable bonds is 6. The first-order chi connectivity index (χ1) is 6.52. The molecule has 14 heavy (non-hydrogen) atoms. The molecule has 0 aromatic heterocycles. The summed E-state index contributed by atoms with van der Waals surface area (Å²) in [6.07, 6.45) is 0.905. The number of hydrogen-bond donors (Lipinski definition) is 1. The van der Waals surface area contributed by atoms with Crippen molar-refractivity contribution in [2.24, 2.45) is 11.8 Å². The van der Waals surface area contributed by atoms with E-state index in [1.165, 1.54) is 0 Å². The van der Waals surface area contributed by atoms with Crippen LogP contribution >= 0.6 is 0 Å². The highest BCUT2D eigenvalue weighted by atomic mass is 16.2. The second-order valence-electron chi connectivity index (χ2n) is 4.28. The van der Waals surface area contributed by atoms with Crippen LogP contribution in [0.2, 0.25) is 0 Å². The fourth-order valence-corrected chi connectivity index (χ4v) is 1.60. The van der Waals surface area contributed by atoms with E-state index in [9.17, 15) is 4.79 Å². The molecule has 0 spiro atoms. The van der Waals surface area contributed by atoms with Crippen LogP contribution in [-0.2, 0) is 4.79 Å². The van der Waals surface area contributed by atoms with Crippen LogP contribution in [0.1, 0.15) is 27.2 Å². The van der Waals surface area contributed by atoms with Gasteiger partial charge in [0, 0.05) is 20.1 Å². The van der Waals surface area contributed by atoms with Crippen molar-refractivity contribution in [3.05, 3.63) is 0 Å². The molecule has 84 valence electrons. The minimum absolute atomic E-state index is 0.128. The maximum atomic E-state index is 11.9. The van der Waals surface area contributed by atoms with Crippen molar-refractivity contribution in [1.82, 2.24) is 10.2 Å². The molecular weight excluding hydrogens is 176 g/mol. The Morgan fingerprint density at radius 1 is 1.43 bits per heavy atom. The van der Waals surface area contributed by atoms with Gasteiger partial charge in [0.2, 0.25) is 5.91 Å². The summed E-state index contributed by atoms with van der Waals surface area (Å²) in [6, 6.07) is 0. The van der Waals surface area contributed by atoms with Crippen molar-refractivity contribution in [3.63, 3.8) is 0 Å². The molecule has 0 rings (SSSR count). The van der Waals surface area contributed by atoms with Gasteiger partial charge in [0.1, 0.15) is 0 Å². The maximum Gasteiger partial charge on any atom is 0.226 e. The second-order valence-corrected chi connectivity index (χ2v) is 4.28. The highest BCUT2D eigenvalue weighted by Gasteiger charge is 2.19. The van der Waals surface area contributed by atoms with Gasteiger partial charge in [-0.2, -0.15) is 0 Å². The molecule has 0 aromatic carbocycles. The predicted octanol–water partition coefficient (Wildman–Crippen LogP) is 1.35. The van der Waals surface area contributed by atoms with Gasteiger partial charge in [-0.1, -0.05) is 20.8 Å². The zero-order chi connectivity index (χ0) is 11.1. The lowest BCUT2D eigenvalue weighted by molar-refractivity contribution is -0.134. The lowest BCUT2D eigenvalue weighted by atomic mass is 10.0. The lowest BCUT2D eigenvalue weighted by Gasteiger charge is -2.24. The first-order valence-electron chi connectivity index (χ1n) is 5.42. The number of carbonyl (C=O) groups is 1. The number of amides is 1. The number of hydrogen-bond acceptors (Lipinski definition) is 2. The molecule has 1 amide bonds. The molecule has 0 aliphatic heterocycles. The van der Waals surface area contributed by atoms with Crippen LogP contribution in [0.3, 0.4) is 0 Å². The average molecular weight is 200 g/mol. The molecule has 0 radical (unpaired) electrons. The van der Waals surface area contributed by atoms with E-state index in [1.54, 1.807) is 0 Å². The Balaban J connectivity index is 4.12. The van der Waals surface area contributed by atoms with Gasteiger partial charge in [0.05, 0.1) is 5.92 Å². The lowest BCUT2D eigenvalue weighted by Crippen LogP contribution is -2.38. The highest BCUT2D eigenvalue weighted by molar-refractivity contribution is 5.78. The second kappa shape index (κ2) is 6.82. The van der Waals surface area contributed by atoms with Crippen LogP contribution in [0.25, 0.3) is 0 Å². The fraction of sp³-hybridized carbons (Fsp3) is 0.909. The largest absolute Gasteiger partial charge is 0.345 e. The minimum Gasteiger partial charge on any atom is -0.345 e. The Kier molecular flexibility index (Phi) is 6.54. The van der Waals surface area contributed by atoms with Crippen LogP contribution in [0.5, 0.6) is 0 Å². The van der Waals surface area contributed by atoms with Crippen LogP contribution in [-0.4, -0.2) is 38.0 Å². The molecule has 1 unspecified atom stereocenters. The molecule has 0 aromatic rings. The van der Waals surface area contributed by atoms with E-state index >= 15 is 0 Å². The van der Waals surface area contributed by atoms with E-state index in [2.05, 4.69) is 26.1 Å². The quantitative estimate of drug-likeness (QED) is 0.702. The first kappa shape index (κ1) is 13.4. The van der Waals surface area contributed by atoms with E-state index in [1.807, 2.05) is 19.0 Å². The van der Waals surface area contributed by atoms with Gasteiger partial charge in [-0.05, 0) is 19.4 Å². The summed E-state index contributed by atoms with van der Waals surface area (Å²) in [7, 11) is 3.78. The molecule has 3 heteroatoms. The molecule has 0 fully saturated rings. The van der Waals surface area contributed by atoms with Crippen molar-refractivity contribution >= 4 is 5.91 Å². The molecule has 0 heterocycles. The maximum absolute atomic E-state index is 11.9. The van der Waals surface area contributed by atoms with Gasteiger partial charge < -0.3 is 10.2 Å². The van der Waals surface area contributed by atoms with E-state index in [0.29, 0.717) is 5.92 Å². The van der Waals surface area contributed by atoms with Gasteiger partial charge in [-0.25, -0.2) is 0 Å². The number of carbonyl (C=O) groups excluding carboxylic acids is 1. The van der Waals surface area contributed by atoms with Crippen molar-refractivity contribution in [3.8, 4) is 0 Å². The predicted molar refractivity (Wildman–Crippen MR) is 60.2 cm³/mol. The summed E-state index contributed by atoms with van der Waals surface area (Å²) >= 11 is 0. The highest BCUT2D eigenvalue weighted by Crippen LogP contribution is 2.07. The van der Waals surface area contributed by atoms with Crippen LogP contribution in [0.15, 0.2) is 0 Å². The van der Waals surface area contributed by atoms with E-state index < -0.39 is 0 Å². The van der Waals surface area contributed by atoms with Crippen molar-refractivity contribution in [2.45, 2.75) is 27.2 Å².